The fourth-order valence-electron chi connectivity index (χ4n) is 1.88. The number of carbonyl (C=O) groups is 1. The fourth-order valence-corrected chi connectivity index (χ4v) is 1.88. The number of likely N-dealkylation sites (N-methyl/N-ethyl adjacent to an activating group) is 1. The number of anilines is 1. The average Bonchev–Trinajstić information content (AvgIpc) is 2.36. The van der Waals surface area contributed by atoms with Crippen molar-refractivity contribution in [1.82, 2.24) is 9.88 Å². The molecule has 0 aliphatic rings. The summed E-state index contributed by atoms with van der Waals surface area (Å²) in [5.41, 5.74) is 0.834. The van der Waals surface area contributed by atoms with Crippen LogP contribution in [-0.2, 0) is 0 Å². The lowest BCUT2D eigenvalue weighted by Crippen LogP contribution is -2.35. The van der Waals surface area contributed by atoms with Gasteiger partial charge in [0, 0.05) is 18.8 Å². The van der Waals surface area contributed by atoms with Crippen LogP contribution in [0.3, 0.4) is 0 Å². The maximum atomic E-state index is 11.1. The summed E-state index contributed by atoms with van der Waals surface area (Å²) in [6.45, 7) is 9.12. The number of pyridine rings is 1. The van der Waals surface area contributed by atoms with E-state index in [4.69, 9.17) is 5.11 Å². The molecular formula is C13H21N3O2. The van der Waals surface area contributed by atoms with Gasteiger partial charge in [-0.1, -0.05) is 13.8 Å². The number of rotatable bonds is 7. The highest BCUT2D eigenvalue weighted by Gasteiger charge is 2.13. The molecule has 0 amide bonds. The number of nitrogens with zero attached hydrogens (tertiary/aromatic N) is 2. The Kier molecular flexibility index (Phi) is 5.58. The smallest absolute Gasteiger partial charge is 0.337 e. The first-order chi connectivity index (χ1) is 8.58. The number of nitrogens with one attached hydrogen (secondary N) is 1. The zero-order valence-corrected chi connectivity index (χ0v) is 11.2. The topological polar surface area (TPSA) is 65.5 Å². The summed E-state index contributed by atoms with van der Waals surface area (Å²) in [6.07, 6.45) is 3.05. The van der Waals surface area contributed by atoms with E-state index in [0.717, 1.165) is 19.6 Å². The zero-order chi connectivity index (χ0) is 13.5. The van der Waals surface area contributed by atoms with E-state index >= 15 is 0 Å². The Hall–Kier alpha value is -1.62. The molecule has 0 aromatic carbocycles. The number of hydrogen-bond donors (Lipinski definition) is 2. The number of aromatic nitrogens is 1. The number of carboxylic acid groups (broad SMARTS) is 1. The van der Waals surface area contributed by atoms with Gasteiger partial charge in [0.05, 0.1) is 17.4 Å². The quantitative estimate of drug-likeness (QED) is 0.775. The summed E-state index contributed by atoms with van der Waals surface area (Å²) in [6, 6.07) is 1.68. The van der Waals surface area contributed by atoms with Crippen molar-refractivity contribution in [3.8, 4) is 0 Å². The first-order valence-corrected chi connectivity index (χ1v) is 6.24. The van der Waals surface area contributed by atoms with E-state index in [1.165, 1.54) is 12.3 Å². The molecule has 100 valence electrons. The van der Waals surface area contributed by atoms with Gasteiger partial charge in [0.2, 0.25) is 0 Å². The van der Waals surface area contributed by atoms with Crippen molar-refractivity contribution in [2.45, 2.75) is 26.8 Å². The lowest BCUT2D eigenvalue weighted by atomic mass is 10.2. The SMILES string of the molecule is CCN(CC)CC(C)Nc1cnccc1C(=O)O. The van der Waals surface area contributed by atoms with Crippen LogP contribution >= 0.6 is 0 Å². The van der Waals surface area contributed by atoms with Gasteiger partial charge < -0.3 is 15.3 Å². The molecule has 0 spiro atoms. The molecule has 0 bridgehead atoms. The molecule has 0 aliphatic heterocycles. The van der Waals surface area contributed by atoms with Crippen LogP contribution in [0.2, 0.25) is 0 Å². The first kappa shape index (κ1) is 14.4. The van der Waals surface area contributed by atoms with E-state index in [0.29, 0.717) is 5.69 Å². The van der Waals surface area contributed by atoms with Crippen LogP contribution in [0.25, 0.3) is 0 Å². The van der Waals surface area contributed by atoms with Crippen LogP contribution in [0.4, 0.5) is 5.69 Å². The number of carboxylic acids is 1. The summed E-state index contributed by atoms with van der Waals surface area (Å²) in [5.74, 6) is -0.935. The van der Waals surface area contributed by atoms with E-state index in [2.05, 4.69) is 29.0 Å². The molecule has 5 heteroatoms. The second-order valence-corrected chi connectivity index (χ2v) is 4.26. The van der Waals surface area contributed by atoms with Gasteiger partial charge in [-0.25, -0.2) is 4.79 Å². The molecule has 0 saturated carbocycles. The molecule has 1 rings (SSSR count). The monoisotopic (exact) mass is 251 g/mol. The third kappa shape index (κ3) is 4.00. The van der Waals surface area contributed by atoms with Crippen LogP contribution in [0.5, 0.6) is 0 Å². The van der Waals surface area contributed by atoms with Crippen LogP contribution in [-0.4, -0.2) is 46.6 Å². The van der Waals surface area contributed by atoms with Gasteiger partial charge in [-0.2, -0.15) is 0 Å². The lowest BCUT2D eigenvalue weighted by Gasteiger charge is -2.24. The Morgan fingerprint density at radius 1 is 1.50 bits per heavy atom. The number of aromatic carboxylic acids is 1. The van der Waals surface area contributed by atoms with Crippen LogP contribution in [0.1, 0.15) is 31.1 Å². The largest absolute Gasteiger partial charge is 0.478 e. The minimum Gasteiger partial charge on any atom is -0.478 e. The second kappa shape index (κ2) is 6.96. The number of hydrogen-bond acceptors (Lipinski definition) is 4. The van der Waals surface area contributed by atoms with Gasteiger partial charge in [0.1, 0.15) is 0 Å². The fraction of sp³-hybridized carbons (Fsp3) is 0.538. The van der Waals surface area contributed by atoms with Crippen molar-refractivity contribution in [1.29, 1.82) is 0 Å². The predicted molar refractivity (Wildman–Crippen MR) is 72.1 cm³/mol. The van der Waals surface area contributed by atoms with Crippen LogP contribution in [0.15, 0.2) is 18.5 Å². The van der Waals surface area contributed by atoms with E-state index in [1.54, 1.807) is 6.20 Å². The third-order valence-electron chi connectivity index (χ3n) is 2.88. The maximum Gasteiger partial charge on any atom is 0.337 e. The predicted octanol–water partition coefficient (Wildman–Crippen LogP) is 1.92. The zero-order valence-electron chi connectivity index (χ0n) is 11.2. The van der Waals surface area contributed by atoms with Gasteiger partial charge >= 0.3 is 5.97 Å². The molecule has 1 aromatic heterocycles. The van der Waals surface area contributed by atoms with Gasteiger partial charge in [-0.3, -0.25) is 4.98 Å². The highest BCUT2D eigenvalue weighted by molar-refractivity contribution is 5.93. The molecule has 1 atom stereocenters. The standard InChI is InChI=1S/C13H21N3O2/c1-4-16(5-2)9-10(3)15-12-8-14-7-6-11(12)13(17)18/h6-8,10,15H,4-5,9H2,1-3H3,(H,17,18). The Bertz CT molecular complexity index is 392. The summed E-state index contributed by atoms with van der Waals surface area (Å²) in [5, 5.41) is 12.3. The minimum atomic E-state index is -0.935. The van der Waals surface area contributed by atoms with Crippen LogP contribution in [0, 0.1) is 0 Å². The molecule has 18 heavy (non-hydrogen) atoms. The summed E-state index contributed by atoms with van der Waals surface area (Å²) < 4.78 is 0. The van der Waals surface area contributed by atoms with Gasteiger partial charge in [-0.05, 0) is 26.1 Å². The Morgan fingerprint density at radius 3 is 2.72 bits per heavy atom. The molecule has 2 N–H and O–H groups in total. The van der Waals surface area contributed by atoms with E-state index in [9.17, 15) is 4.79 Å². The van der Waals surface area contributed by atoms with Gasteiger partial charge in [-0.15, -0.1) is 0 Å². The second-order valence-electron chi connectivity index (χ2n) is 4.26. The van der Waals surface area contributed by atoms with Gasteiger partial charge in [0.25, 0.3) is 0 Å². The average molecular weight is 251 g/mol. The summed E-state index contributed by atoms with van der Waals surface area (Å²) in [4.78, 5) is 17.3. The van der Waals surface area contributed by atoms with E-state index in [-0.39, 0.29) is 11.6 Å². The maximum absolute atomic E-state index is 11.1. The lowest BCUT2D eigenvalue weighted by molar-refractivity contribution is 0.0697. The molecule has 0 fully saturated rings. The van der Waals surface area contributed by atoms with Crippen molar-refractivity contribution in [2.24, 2.45) is 0 Å². The molecule has 1 unspecified atom stereocenters. The molecule has 5 nitrogen and oxygen atoms in total. The van der Waals surface area contributed by atoms with Crippen molar-refractivity contribution < 1.29 is 9.90 Å². The van der Waals surface area contributed by atoms with E-state index < -0.39 is 5.97 Å². The van der Waals surface area contributed by atoms with Crippen molar-refractivity contribution in [3.05, 3.63) is 24.0 Å². The molecule has 1 heterocycles. The Morgan fingerprint density at radius 2 is 2.17 bits per heavy atom. The highest BCUT2D eigenvalue weighted by atomic mass is 16.4. The molecule has 1 aromatic rings. The minimum absolute atomic E-state index is 0.173. The van der Waals surface area contributed by atoms with Gasteiger partial charge in [0.15, 0.2) is 0 Å². The first-order valence-electron chi connectivity index (χ1n) is 6.24. The van der Waals surface area contributed by atoms with Crippen molar-refractivity contribution in [2.75, 3.05) is 25.0 Å². The summed E-state index contributed by atoms with van der Waals surface area (Å²) >= 11 is 0. The Balaban J connectivity index is 2.69. The van der Waals surface area contributed by atoms with Crippen molar-refractivity contribution >= 4 is 11.7 Å². The molecular weight excluding hydrogens is 230 g/mol. The van der Waals surface area contributed by atoms with Crippen molar-refractivity contribution in [3.63, 3.8) is 0 Å². The van der Waals surface area contributed by atoms with Crippen LogP contribution < -0.4 is 5.32 Å². The molecule has 0 radical (unpaired) electrons. The third-order valence-corrected chi connectivity index (χ3v) is 2.88. The Labute approximate surface area is 108 Å². The molecule has 0 aliphatic carbocycles. The normalized spacial score (nSPS) is 12.4. The molecule has 0 saturated heterocycles. The summed E-state index contributed by atoms with van der Waals surface area (Å²) in [7, 11) is 0. The van der Waals surface area contributed by atoms with E-state index in [1.807, 2.05) is 6.92 Å². The highest BCUT2D eigenvalue weighted by Crippen LogP contribution is 2.14.